The van der Waals surface area contributed by atoms with E-state index in [2.05, 4.69) is 15.5 Å². The summed E-state index contributed by atoms with van der Waals surface area (Å²) in [6, 6.07) is 9.65. The molecule has 2 aromatic rings. The lowest BCUT2D eigenvalue weighted by Crippen LogP contribution is -2.23. The molecule has 1 aromatic carbocycles. The number of nitrogens with zero attached hydrogens (tertiary/aromatic N) is 2. The summed E-state index contributed by atoms with van der Waals surface area (Å²) in [6.45, 7) is 4.34. The third-order valence-electron chi connectivity index (χ3n) is 2.93. The fourth-order valence-corrected chi connectivity index (χ4v) is 1.79. The zero-order valence-corrected chi connectivity index (χ0v) is 11.6. The lowest BCUT2D eigenvalue weighted by atomic mass is 10.2. The standard InChI is InChI=1S/C15H17N3O2/c1-3-12(4-2)13-17-15(20-18-13)14(19)16-10-11-8-6-5-7-9-11/h3,5-9H,4,10H2,1-2H3,(H,16,19)/b12-3+. The molecule has 0 bridgehead atoms. The van der Waals surface area contributed by atoms with Crippen LogP contribution in [0.5, 0.6) is 0 Å². The van der Waals surface area contributed by atoms with Crippen LogP contribution in [0.25, 0.3) is 5.57 Å². The van der Waals surface area contributed by atoms with Crippen molar-refractivity contribution in [2.45, 2.75) is 26.8 Å². The predicted molar refractivity (Wildman–Crippen MR) is 75.9 cm³/mol. The van der Waals surface area contributed by atoms with E-state index in [-0.39, 0.29) is 11.8 Å². The molecular formula is C15H17N3O2. The van der Waals surface area contributed by atoms with Crippen molar-refractivity contribution in [1.82, 2.24) is 15.5 Å². The van der Waals surface area contributed by atoms with Gasteiger partial charge < -0.3 is 9.84 Å². The second-order valence-electron chi connectivity index (χ2n) is 4.26. The summed E-state index contributed by atoms with van der Waals surface area (Å²) in [5.41, 5.74) is 1.97. The first kappa shape index (κ1) is 14.0. The first-order chi connectivity index (χ1) is 9.74. The van der Waals surface area contributed by atoms with Gasteiger partial charge in [0.15, 0.2) is 5.82 Å². The van der Waals surface area contributed by atoms with Crippen LogP contribution >= 0.6 is 0 Å². The maximum Gasteiger partial charge on any atom is 0.316 e. The van der Waals surface area contributed by atoms with Crippen LogP contribution in [0.15, 0.2) is 40.9 Å². The fraction of sp³-hybridized carbons (Fsp3) is 0.267. The van der Waals surface area contributed by atoms with E-state index in [0.717, 1.165) is 17.6 Å². The molecule has 1 heterocycles. The van der Waals surface area contributed by atoms with E-state index in [4.69, 9.17) is 4.52 Å². The van der Waals surface area contributed by atoms with Gasteiger partial charge in [-0.25, -0.2) is 0 Å². The summed E-state index contributed by atoms with van der Waals surface area (Å²) in [5, 5.41) is 6.57. The van der Waals surface area contributed by atoms with E-state index in [1.807, 2.05) is 50.3 Å². The molecule has 1 N–H and O–H groups in total. The third-order valence-corrected chi connectivity index (χ3v) is 2.93. The van der Waals surface area contributed by atoms with Gasteiger partial charge in [-0.2, -0.15) is 4.98 Å². The SMILES string of the molecule is C/C=C(\CC)c1noc(C(=O)NCc2ccccc2)n1. The molecule has 0 aliphatic rings. The highest BCUT2D eigenvalue weighted by molar-refractivity contribution is 5.89. The minimum absolute atomic E-state index is 0.0104. The van der Waals surface area contributed by atoms with Crippen molar-refractivity contribution in [2.24, 2.45) is 0 Å². The smallest absolute Gasteiger partial charge is 0.316 e. The summed E-state index contributed by atoms with van der Waals surface area (Å²) in [6.07, 6.45) is 2.71. The Bertz CT molecular complexity index is 603. The zero-order valence-electron chi connectivity index (χ0n) is 11.6. The van der Waals surface area contributed by atoms with Crippen LogP contribution in [0.3, 0.4) is 0 Å². The summed E-state index contributed by atoms with van der Waals surface area (Å²) in [4.78, 5) is 16.0. The van der Waals surface area contributed by atoms with Crippen molar-refractivity contribution in [3.63, 3.8) is 0 Å². The van der Waals surface area contributed by atoms with Gasteiger partial charge in [-0.05, 0) is 24.5 Å². The van der Waals surface area contributed by atoms with Crippen molar-refractivity contribution in [3.8, 4) is 0 Å². The Morgan fingerprint density at radius 2 is 2.10 bits per heavy atom. The highest BCUT2D eigenvalue weighted by Crippen LogP contribution is 2.14. The Balaban J connectivity index is 2.00. The number of nitrogens with one attached hydrogen (secondary N) is 1. The van der Waals surface area contributed by atoms with Crippen molar-refractivity contribution in [2.75, 3.05) is 0 Å². The van der Waals surface area contributed by atoms with Crippen LogP contribution < -0.4 is 5.32 Å². The van der Waals surface area contributed by atoms with E-state index in [9.17, 15) is 4.79 Å². The average molecular weight is 271 g/mol. The van der Waals surface area contributed by atoms with E-state index < -0.39 is 0 Å². The minimum Gasteiger partial charge on any atom is -0.344 e. The van der Waals surface area contributed by atoms with Gasteiger partial charge in [-0.15, -0.1) is 0 Å². The number of carbonyl (C=O) groups is 1. The highest BCUT2D eigenvalue weighted by Gasteiger charge is 2.16. The molecule has 1 amide bonds. The minimum atomic E-state index is -0.362. The second-order valence-corrected chi connectivity index (χ2v) is 4.26. The number of benzene rings is 1. The molecule has 0 atom stereocenters. The molecule has 0 saturated heterocycles. The molecule has 2 rings (SSSR count). The molecule has 0 radical (unpaired) electrons. The average Bonchev–Trinajstić information content (AvgIpc) is 2.97. The zero-order chi connectivity index (χ0) is 14.4. The number of hydrogen-bond donors (Lipinski definition) is 1. The van der Waals surface area contributed by atoms with Gasteiger partial charge >= 0.3 is 11.8 Å². The molecule has 5 heteroatoms. The molecule has 1 aromatic heterocycles. The topological polar surface area (TPSA) is 68.0 Å². The van der Waals surface area contributed by atoms with Gasteiger partial charge in [0.25, 0.3) is 0 Å². The summed E-state index contributed by atoms with van der Waals surface area (Å²) in [7, 11) is 0. The molecule has 104 valence electrons. The second kappa shape index (κ2) is 6.65. The predicted octanol–water partition coefficient (Wildman–Crippen LogP) is 2.81. The Morgan fingerprint density at radius 3 is 2.75 bits per heavy atom. The Kier molecular flexibility index (Phi) is 4.65. The maximum atomic E-state index is 11.9. The van der Waals surface area contributed by atoms with E-state index in [1.54, 1.807) is 0 Å². The number of allylic oxidation sites excluding steroid dienone is 2. The molecule has 5 nitrogen and oxygen atoms in total. The molecule has 0 unspecified atom stereocenters. The quantitative estimate of drug-likeness (QED) is 0.908. The Morgan fingerprint density at radius 1 is 1.35 bits per heavy atom. The van der Waals surface area contributed by atoms with Crippen molar-refractivity contribution < 1.29 is 9.32 Å². The maximum absolute atomic E-state index is 11.9. The fourth-order valence-electron chi connectivity index (χ4n) is 1.79. The molecule has 0 spiro atoms. The van der Waals surface area contributed by atoms with Crippen LogP contribution in [-0.2, 0) is 6.54 Å². The normalized spacial score (nSPS) is 11.4. The molecule has 0 fully saturated rings. The van der Waals surface area contributed by atoms with E-state index >= 15 is 0 Å². The van der Waals surface area contributed by atoms with Crippen LogP contribution in [-0.4, -0.2) is 16.0 Å². The van der Waals surface area contributed by atoms with Gasteiger partial charge in [0.1, 0.15) is 0 Å². The molecular weight excluding hydrogens is 254 g/mol. The molecule has 0 aliphatic carbocycles. The van der Waals surface area contributed by atoms with Gasteiger partial charge in [0.2, 0.25) is 0 Å². The monoisotopic (exact) mass is 271 g/mol. The van der Waals surface area contributed by atoms with E-state index in [1.165, 1.54) is 0 Å². The molecule has 0 saturated carbocycles. The number of rotatable bonds is 5. The largest absolute Gasteiger partial charge is 0.344 e. The molecule has 0 aliphatic heterocycles. The highest BCUT2D eigenvalue weighted by atomic mass is 16.5. The summed E-state index contributed by atoms with van der Waals surface area (Å²) >= 11 is 0. The number of amides is 1. The van der Waals surface area contributed by atoms with Crippen LogP contribution in [0.1, 0.15) is 42.3 Å². The number of carbonyl (C=O) groups excluding carboxylic acids is 1. The number of aromatic nitrogens is 2. The van der Waals surface area contributed by atoms with Gasteiger partial charge in [0.05, 0.1) is 0 Å². The third kappa shape index (κ3) is 3.32. The van der Waals surface area contributed by atoms with Crippen LogP contribution in [0.4, 0.5) is 0 Å². The van der Waals surface area contributed by atoms with Crippen molar-refractivity contribution in [1.29, 1.82) is 0 Å². The summed E-state index contributed by atoms with van der Waals surface area (Å²) in [5.74, 6) is 0.0998. The van der Waals surface area contributed by atoms with Crippen molar-refractivity contribution >= 4 is 11.5 Å². The lowest BCUT2D eigenvalue weighted by Gasteiger charge is -2.01. The van der Waals surface area contributed by atoms with Gasteiger partial charge in [-0.1, -0.05) is 48.5 Å². The van der Waals surface area contributed by atoms with Crippen LogP contribution in [0, 0.1) is 0 Å². The first-order valence-electron chi connectivity index (χ1n) is 6.56. The van der Waals surface area contributed by atoms with Crippen molar-refractivity contribution in [3.05, 3.63) is 53.7 Å². The Labute approximate surface area is 117 Å². The van der Waals surface area contributed by atoms with Crippen LogP contribution in [0.2, 0.25) is 0 Å². The lowest BCUT2D eigenvalue weighted by molar-refractivity contribution is 0.0907. The van der Waals surface area contributed by atoms with Gasteiger partial charge in [-0.3, -0.25) is 4.79 Å². The van der Waals surface area contributed by atoms with E-state index in [0.29, 0.717) is 12.4 Å². The number of hydrogen-bond acceptors (Lipinski definition) is 4. The summed E-state index contributed by atoms with van der Waals surface area (Å²) < 4.78 is 4.99. The Hall–Kier alpha value is -2.43. The van der Waals surface area contributed by atoms with Gasteiger partial charge in [0, 0.05) is 6.54 Å². The first-order valence-corrected chi connectivity index (χ1v) is 6.56. The molecule has 20 heavy (non-hydrogen) atoms.